The maximum absolute atomic E-state index is 11.9. The normalized spacial score (nSPS) is 22.9. The van der Waals surface area contributed by atoms with Crippen LogP contribution < -0.4 is 5.73 Å². The molecule has 1 fully saturated rings. The molecule has 0 unspecified atom stereocenters. The molecular formula is C11H18N2OS. The highest BCUT2D eigenvalue weighted by Crippen LogP contribution is 2.29. The van der Waals surface area contributed by atoms with E-state index in [-0.39, 0.29) is 5.91 Å². The largest absolute Gasteiger partial charge is 0.400 e. The van der Waals surface area contributed by atoms with Gasteiger partial charge in [-0.15, -0.1) is 12.6 Å². The Morgan fingerprint density at radius 1 is 1.40 bits per heavy atom. The minimum Gasteiger partial charge on any atom is -0.400 e. The molecule has 0 aromatic rings. The second-order valence-corrected chi connectivity index (χ2v) is 5.12. The smallest absolute Gasteiger partial charge is 0.223 e. The topological polar surface area (TPSA) is 46.3 Å². The summed E-state index contributed by atoms with van der Waals surface area (Å²) in [4.78, 5) is 14.6. The van der Waals surface area contributed by atoms with Crippen LogP contribution in [0.3, 0.4) is 0 Å². The number of nitrogens with zero attached hydrogens (tertiary/aromatic N) is 1. The zero-order valence-corrected chi connectivity index (χ0v) is 9.80. The average Bonchev–Trinajstić information content (AvgIpc) is 2.78. The van der Waals surface area contributed by atoms with Crippen LogP contribution in [0.25, 0.3) is 0 Å². The summed E-state index contributed by atoms with van der Waals surface area (Å²) < 4.78 is 0. The van der Waals surface area contributed by atoms with Crippen LogP contribution in [-0.2, 0) is 4.79 Å². The quantitative estimate of drug-likeness (QED) is 0.701. The fourth-order valence-corrected chi connectivity index (χ4v) is 2.64. The lowest BCUT2D eigenvalue weighted by Gasteiger charge is -2.18. The van der Waals surface area contributed by atoms with E-state index in [1.807, 2.05) is 4.90 Å². The molecule has 1 aliphatic carbocycles. The molecule has 2 N–H and O–H groups in total. The van der Waals surface area contributed by atoms with E-state index in [9.17, 15) is 4.79 Å². The van der Waals surface area contributed by atoms with Crippen LogP contribution in [0.2, 0.25) is 0 Å². The van der Waals surface area contributed by atoms with E-state index in [0.29, 0.717) is 25.4 Å². The summed E-state index contributed by atoms with van der Waals surface area (Å²) in [6.07, 6.45) is 5.72. The van der Waals surface area contributed by atoms with Gasteiger partial charge in [-0.05, 0) is 18.8 Å². The summed E-state index contributed by atoms with van der Waals surface area (Å²) in [7, 11) is 0. The summed E-state index contributed by atoms with van der Waals surface area (Å²) in [5, 5.41) is 0. The lowest BCUT2D eigenvalue weighted by Crippen LogP contribution is -2.31. The van der Waals surface area contributed by atoms with Crippen LogP contribution in [0.15, 0.2) is 10.6 Å². The second kappa shape index (κ2) is 4.47. The van der Waals surface area contributed by atoms with Gasteiger partial charge in [0, 0.05) is 17.0 Å². The molecule has 0 spiro atoms. The SMILES string of the molecule is NC1=C(S)CN(C(=O)CC2CCCC2)C1. The van der Waals surface area contributed by atoms with Crippen LogP contribution in [0.1, 0.15) is 32.1 Å². The fourth-order valence-electron chi connectivity index (χ4n) is 2.40. The van der Waals surface area contributed by atoms with Gasteiger partial charge in [-0.3, -0.25) is 4.79 Å². The second-order valence-electron chi connectivity index (χ2n) is 4.58. The van der Waals surface area contributed by atoms with E-state index < -0.39 is 0 Å². The third-order valence-electron chi connectivity index (χ3n) is 3.36. The third kappa shape index (κ3) is 2.48. The summed E-state index contributed by atoms with van der Waals surface area (Å²) in [5.41, 5.74) is 6.47. The molecule has 15 heavy (non-hydrogen) atoms. The van der Waals surface area contributed by atoms with E-state index in [1.54, 1.807) is 0 Å². The van der Waals surface area contributed by atoms with Crippen molar-refractivity contribution in [2.24, 2.45) is 11.7 Å². The van der Waals surface area contributed by atoms with Crippen molar-refractivity contribution in [1.82, 2.24) is 4.90 Å². The van der Waals surface area contributed by atoms with Gasteiger partial charge >= 0.3 is 0 Å². The van der Waals surface area contributed by atoms with Crippen LogP contribution in [0.4, 0.5) is 0 Å². The summed E-state index contributed by atoms with van der Waals surface area (Å²) in [6.45, 7) is 1.19. The van der Waals surface area contributed by atoms with Crippen molar-refractivity contribution >= 4 is 18.5 Å². The minimum absolute atomic E-state index is 0.244. The number of carbonyl (C=O) groups excluding carboxylic acids is 1. The van der Waals surface area contributed by atoms with Crippen molar-refractivity contribution in [1.29, 1.82) is 0 Å². The van der Waals surface area contributed by atoms with Gasteiger partial charge in [-0.1, -0.05) is 12.8 Å². The van der Waals surface area contributed by atoms with Crippen LogP contribution in [0, 0.1) is 5.92 Å². The molecule has 84 valence electrons. The number of nitrogens with two attached hydrogens (primary N) is 1. The molecule has 0 bridgehead atoms. The number of thiol groups is 1. The fraction of sp³-hybridized carbons (Fsp3) is 0.727. The predicted octanol–water partition coefficient (Wildman–Crippen LogP) is 1.51. The van der Waals surface area contributed by atoms with Crippen molar-refractivity contribution in [3.63, 3.8) is 0 Å². The summed E-state index contributed by atoms with van der Waals surface area (Å²) >= 11 is 4.25. The molecule has 2 rings (SSSR count). The Morgan fingerprint density at radius 2 is 2.07 bits per heavy atom. The van der Waals surface area contributed by atoms with Gasteiger partial charge in [0.15, 0.2) is 0 Å². The number of carbonyl (C=O) groups is 1. The summed E-state index contributed by atoms with van der Waals surface area (Å²) in [6, 6.07) is 0. The Morgan fingerprint density at radius 3 is 2.60 bits per heavy atom. The Labute approximate surface area is 96.1 Å². The van der Waals surface area contributed by atoms with Crippen LogP contribution >= 0.6 is 12.6 Å². The molecule has 0 aromatic carbocycles. The number of hydrogen-bond acceptors (Lipinski definition) is 3. The van der Waals surface area contributed by atoms with E-state index in [2.05, 4.69) is 12.6 Å². The molecule has 0 radical (unpaired) electrons. The zero-order valence-electron chi connectivity index (χ0n) is 8.91. The maximum atomic E-state index is 11.9. The van der Waals surface area contributed by atoms with Crippen molar-refractivity contribution < 1.29 is 4.79 Å². The highest BCUT2D eigenvalue weighted by molar-refractivity contribution is 7.84. The van der Waals surface area contributed by atoms with Gasteiger partial charge in [-0.2, -0.15) is 0 Å². The van der Waals surface area contributed by atoms with Crippen molar-refractivity contribution in [2.75, 3.05) is 13.1 Å². The van der Waals surface area contributed by atoms with E-state index in [4.69, 9.17) is 5.73 Å². The molecule has 0 aromatic heterocycles. The Kier molecular flexibility index (Phi) is 3.24. The van der Waals surface area contributed by atoms with Gasteiger partial charge in [0.2, 0.25) is 5.91 Å². The van der Waals surface area contributed by atoms with Crippen molar-refractivity contribution in [3.8, 4) is 0 Å². The van der Waals surface area contributed by atoms with Gasteiger partial charge < -0.3 is 10.6 Å². The highest BCUT2D eigenvalue weighted by atomic mass is 32.1. The van der Waals surface area contributed by atoms with E-state index in [0.717, 1.165) is 10.6 Å². The first-order valence-corrected chi connectivity index (χ1v) is 6.06. The highest BCUT2D eigenvalue weighted by Gasteiger charge is 2.26. The maximum Gasteiger partial charge on any atom is 0.223 e. The minimum atomic E-state index is 0.244. The van der Waals surface area contributed by atoms with E-state index >= 15 is 0 Å². The molecule has 1 saturated carbocycles. The molecule has 2 aliphatic rings. The monoisotopic (exact) mass is 226 g/mol. The Bertz CT molecular complexity index is 281. The molecular weight excluding hydrogens is 208 g/mol. The molecule has 0 atom stereocenters. The van der Waals surface area contributed by atoms with Crippen LogP contribution in [-0.4, -0.2) is 23.9 Å². The van der Waals surface area contributed by atoms with Crippen LogP contribution in [0.5, 0.6) is 0 Å². The van der Waals surface area contributed by atoms with Crippen molar-refractivity contribution in [2.45, 2.75) is 32.1 Å². The van der Waals surface area contributed by atoms with Crippen molar-refractivity contribution in [3.05, 3.63) is 10.6 Å². The molecule has 1 amide bonds. The van der Waals surface area contributed by atoms with Gasteiger partial charge in [0.1, 0.15) is 0 Å². The van der Waals surface area contributed by atoms with Gasteiger partial charge in [0.05, 0.1) is 13.1 Å². The standard InChI is InChI=1S/C11H18N2OS/c12-9-6-13(7-10(9)15)11(14)5-8-3-1-2-4-8/h8,15H,1-7,12H2. The summed E-state index contributed by atoms with van der Waals surface area (Å²) in [5.74, 6) is 0.858. The average molecular weight is 226 g/mol. The Balaban J connectivity index is 1.82. The zero-order chi connectivity index (χ0) is 10.8. The first-order valence-electron chi connectivity index (χ1n) is 5.61. The Hall–Kier alpha value is -0.640. The lowest BCUT2D eigenvalue weighted by atomic mass is 10.0. The third-order valence-corrected chi connectivity index (χ3v) is 3.79. The number of rotatable bonds is 2. The molecule has 3 nitrogen and oxygen atoms in total. The number of amides is 1. The number of hydrogen-bond donors (Lipinski definition) is 2. The van der Waals surface area contributed by atoms with Gasteiger partial charge in [-0.25, -0.2) is 0 Å². The molecule has 4 heteroatoms. The predicted molar refractivity (Wildman–Crippen MR) is 63.4 cm³/mol. The van der Waals surface area contributed by atoms with E-state index in [1.165, 1.54) is 25.7 Å². The molecule has 1 aliphatic heterocycles. The van der Waals surface area contributed by atoms with Gasteiger partial charge in [0.25, 0.3) is 0 Å². The lowest BCUT2D eigenvalue weighted by molar-refractivity contribution is -0.130. The first kappa shape index (κ1) is 10.9. The first-order chi connectivity index (χ1) is 7.16. The molecule has 1 heterocycles. The molecule has 0 saturated heterocycles.